The van der Waals surface area contributed by atoms with Crippen molar-refractivity contribution in [3.05, 3.63) is 41.2 Å². The lowest BCUT2D eigenvalue weighted by Gasteiger charge is -2.08. The molecule has 0 saturated heterocycles. The quantitative estimate of drug-likeness (QED) is 0.447. The molecule has 0 saturated carbocycles. The van der Waals surface area contributed by atoms with Gasteiger partial charge in [0, 0.05) is 24.1 Å². The van der Waals surface area contributed by atoms with E-state index in [4.69, 9.17) is 25.8 Å². The van der Waals surface area contributed by atoms with Crippen molar-refractivity contribution in [2.75, 3.05) is 33.5 Å². The number of hydrogen-bond acceptors (Lipinski definition) is 5. The summed E-state index contributed by atoms with van der Waals surface area (Å²) in [5.41, 5.74) is 0.395. The summed E-state index contributed by atoms with van der Waals surface area (Å²) in [4.78, 5) is 16.1. The van der Waals surface area contributed by atoms with Crippen LogP contribution in [0.15, 0.2) is 30.5 Å². The van der Waals surface area contributed by atoms with Crippen molar-refractivity contribution >= 4 is 28.3 Å². The molecule has 0 N–H and O–H groups in total. The minimum atomic E-state index is -0.439. The van der Waals surface area contributed by atoms with E-state index in [1.807, 2.05) is 24.3 Å². The van der Waals surface area contributed by atoms with Crippen LogP contribution in [-0.4, -0.2) is 44.5 Å². The van der Waals surface area contributed by atoms with Crippen molar-refractivity contribution in [3.63, 3.8) is 0 Å². The number of ether oxygens (including phenoxy) is 3. The molecule has 0 unspecified atom stereocenters. The number of hydrogen-bond donors (Lipinski definition) is 0. The lowest BCUT2D eigenvalue weighted by Crippen LogP contribution is -2.13. The molecule has 2 aromatic rings. The molecule has 1 aromatic carbocycles. The van der Waals surface area contributed by atoms with Crippen LogP contribution in [0.5, 0.6) is 0 Å². The molecular formula is C15H16ClNO4. The highest BCUT2D eigenvalue weighted by Crippen LogP contribution is 2.24. The van der Waals surface area contributed by atoms with Gasteiger partial charge < -0.3 is 14.2 Å². The van der Waals surface area contributed by atoms with Gasteiger partial charge in [-0.05, 0) is 0 Å². The van der Waals surface area contributed by atoms with Crippen LogP contribution in [0.2, 0.25) is 5.15 Å². The number of methoxy groups -OCH3 is 1. The fraction of sp³-hybridized carbons (Fsp3) is 0.333. The summed E-state index contributed by atoms with van der Waals surface area (Å²) in [6.07, 6.45) is 1.43. The Balaban J connectivity index is 1.98. The van der Waals surface area contributed by atoms with Crippen molar-refractivity contribution in [1.82, 2.24) is 4.98 Å². The van der Waals surface area contributed by atoms with E-state index in [9.17, 15) is 4.79 Å². The zero-order valence-electron chi connectivity index (χ0n) is 11.7. The van der Waals surface area contributed by atoms with Crippen LogP contribution in [0.4, 0.5) is 0 Å². The van der Waals surface area contributed by atoms with E-state index in [-0.39, 0.29) is 6.61 Å². The number of fused-ring (bicyclic) bond motifs is 1. The Morgan fingerprint density at radius 2 is 1.86 bits per heavy atom. The molecular weight excluding hydrogens is 294 g/mol. The number of esters is 1. The van der Waals surface area contributed by atoms with Crippen LogP contribution in [0.25, 0.3) is 10.8 Å². The van der Waals surface area contributed by atoms with Crippen LogP contribution >= 0.6 is 11.6 Å². The average molecular weight is 310 g/mol. The molecule has 112 valence electrons. The molecule has 2 rings (SSSR count). The largest absolute Gasteiger partial charge is 0.460 e. The number of carbonyl (C=O) groups is 1. The lowest BCUT2D eigenvalue weighted by molar-refractivity contribution is 0.0215. The third-order valence-corrected chi connectivity index (χ3v) is 3.16. The highest BCUT2D eigenvalue weighted by molar-refractivity contribution is 6.34. The highest BCUT2D eigenvalue weighted by Gasteiger charge is 2.13. The molecule has 0 aliphatic carbocycles. The molecule has 0 amide bonds. The summed E-state index contributed by atoms with van der Waals surface area (Å²) in [7, 11) is 1.60. The van der Waals surface area contributed by atoms with Crippen LogP contribution in [0, 0.1) is 0 Å². The van der Waals surface area contributed by atoms with Gasteiger partial charge >= 0.3 is 5.97 Å². The second-order valence-corrected chi connectivity index (χ2v) is 4.61. The molecule has 6 heteroatoms. The molecule has 0 aliphatic heterocycles. The third kappa shape index (κ3) is 4.14. The normalized spacial score (nSPS) is 10.8. The van der Waals surface area contributed by atoms with Gasteiger partial charge in [-0.2, -0.15) is 0 Å². The first-order valence-electron chi connectivity index (χ1n) is 6.51. The number of aromatic nitrogens is 1. The van der Waals surface area contributed by atoms with Crippen LogP contribution in [0.1, 0.15) is 10.4 Å². The standard InChI is InChI=1S/C15H16ClNO4/c1-19-6-7-20-8-9-21-15(18)13-10-17-14(16)12-5-3-2-4-11(12)13/h2-5,10H,6-9H2,1H3. The molecule has 0 aliphatic rings. The monoisotopic (exact) mass is 309 g/mol. The topological polar surface area (TPSA) is 57.7 Å². The summed E-state index contributed by atoms with van der Waals surface area (Å²) >= 11 is 6.01. The van der Waals surface area contributed by atoms with Gasteiger partial charge in [0.05, 0.1) is 25.4 Å². The number of nitrogens with zero attached hydrogens (tertiary/aromatic N) is 1. The van der Waals surface area contributed by atoms with Crippen LogP contribution in [-0.2, 0) is 14.2 Å². The minimum absolute atomic E-state index is 0.180. The Morgan fingerprint density at radius 3 is 2.62 bits per heavy atom. The van der Waals surface area contributed by atoms with Gasteiger partial charge in [-0.25, -0.2) is 9.78 Å². The molecule has 5 nitrogen and oxygen atoms in total. The first kappa shape index (κ1) is 15.7. The number of carbonyl (C=O) groups excluding carboxylic acids is 1. The molecule has 0 bridgehead atoms. The Labute approximate surface area is 127 Å². The average Bonchev–Trinajstić information content (AvgIpc) is 2.51. The minimum Gasteiger partial charge on any atom is -0.460 e. The van der Waals surface area contributed by atoms with Crippen LogP contribution in [0.3, 0.4) is 0 Å². The third-order valence-electron chi connectivity index (χ3n) is 2.86. The summed E-state index contributed by atoms with van der Waals surface area (Å²) < 4.78 is 15.2. The smallest absolute Gasteiger partial charge is 0.340 e. The molecule has 21 heavy (non-hydrogen) atoms. The second-order valence-electron chi connectivity index (χ2n) is 4.25. The zero-order chi connectivity index (χ0) is 15.1. The van der Waals surface area contributed by atoms with Crippen molar-refractivity contribution < 1.29 is 19.0 Å². The van der Waals surface area contributed by atoms with E-state index in [2.05, 4.69) is 4.98 Å². The zero-order valence-corrected chi connectivity index (χ0v) is 12.4. The fourth-order valence-electron chi connectivity index (χ4n) is 1.84. The van der Waals surface area contributed by atoms with Gasteiger partial charge in [-0.1, -0.05) is 35.9 Å². The van der Waals surface area contributed by atoms with E-state index in [0.29, 0.717) is 30.5 Å². The van der Waals surface area contributed by atoms with Crippen molar-refractivity contribution in [1.29, 1.82) is 0 Å². The summed E-state index contributed by atoms with van der Waals surface area (Å²) in [5.74, 6) is -0.439. The summed E-state index contributed by atoms with van der Waals surface area (Å²) in [6, 6.07) is 7.31. The predicted octanol–water partition coefficient (Wildman–Crippen LogP) is 2.71. The number of pyridine rings is 1. The maximum atomic E-state index is 12.1. The van der Waals surface area contributed by atoms with Crippen molar-refractivity contribution in [2.45, 2.75) is 0 Å². The SMILES string of the molecule is COCCOCCOC(=O)c1cnc(Cl)c2ccccc12. The Kier molecular flexibility index (Phi) is 5.92. The van der Waals surface area contributed by atoms with E-state index in [1.54, 1.807) is 7.11 Å². The van der Waals surface area contributed by atoms with E-state index in [0.717, 1.165) is 10.8 Å². The van der Waals surface area contributed by atoms with E-state index >= 15 is 0 Å². The molecule has 0 radical (unpaired) electrons. The van der Waals surface area contributed by atoms with Gasteiger partial charge in [0.25, 0.3) is 0 Å². The Bertz CT molecular complexity index is 618. The van der Waals surface area contributed by atoms with Crippen LogP contribution < -0.4 is 0 Å². The van der Waals surface area contributed by atoms with Gasteiger partial charge in [0.15, 0.2) is 0 Å². The first-order valence-corrected chi connectivity index (χ1v) is 6.89. The Hall–Kier alpha value is -1.69. The molecule has 1 heterocycles. The maximum Gasteiger partial charge on any atom is 0.340 e. The first-order chi connectivity index (χ1) is 10.2. The lowest BCUT2D eigenvalue weighted by atomic mass is 10.1. The predicted molar refractivity (Wildman–Crippen MR) is 79.7 cm³/mol. The van der Waals surface area contributed by atoms with Gasteiger partial charge in [-0.3, -0.25) is 0 Å². The fourth-order valence-corrected chi connectivity index (χ4v) is 2.05. The van der Waals surface area contributed by atoms with Gasteiger partial charge in [0.2, 0.25) is 0 Å². The van der Waals surface area contributed by atoms with E-state index < -0.39 is 5.97 Å². The highest BCUT2D eigenvalue weighted by atomic mass is 35.5. The van der Waals surface area contributed by atoms with Crippen molar-refractivity contribution in [3.8, 4) is 0 Å². The van der Waals surface area contributed by atoms with Gasteiger partial charge in [0.1, 0.15) is 11.8 Å². The molecule has 0 fully saturated rings. The number of halogens is 1. The molecule has 0 spiro atoms. The molecule has 1 aromatic heterocycles. The number of rotatable bonds is 7. The van der Waals surface area contributed by atoms with E-state index in [1.165, 1.54) is 6.20 Å². The number of benzene rings is 1. The summed E-state index contributed by atoms with van der Waals surface area (Å²) in [6.45, 7) is 1.49. The summed E-state index contributed by atoms with van der Waals surface area (Å²) in [5, 5.41) is 1.82. The van der Waals surface area contributed by atoms with Crippen molar-refractivity contribution in [2.24, 2.45) is 0 Å². The van der Waals surface area contributed by atoms with Gasteiger partial charge in [-0.15, -0.1) is 0 Å². The molecule has 0 atom stereocenters. The maximum absolute atomic E-state index is 12.1. The second kappa shape index (κ2) is 7.93. The Morgan fingerprint density at radius 1 is 1.14 bits per heavy atom.